The third kappa shape index (κ3) is 6.52. The number of halogens is 2. The number of aromatic nitrogens is 1. The molecule has 0 unspecified atom stereocenters. The van der Waals surface area contributed by atoms with Crippen LogP contribution in [0.1, 0.15) is 41.8 Å². The van der Waals surface area contributed by atoms with Crippen LogP contribution >= 0.6 is 11.3 Å². The molecule has 3 rings (SSSR count). The summed E-state index contributed by atoms with van der Waals surface area (Å²) in [5.74, 6) is -3.50. The fraction of sp³-hybridized carbons (Fsp3) is 0.269. The maximum atomic E-state index is 14.4. The summed E-state index contributed by atoms with van der Waals surface area (Å²) in [6, 6.07) is 7.39. The Morgan fingerprint density at radius 3 is 2.56 bits per heavy atom. The number of para-hydroxylation sites is 1. The number of methoxy groups -OCH3 is 1. The van der Waals surface area contributed by atoms with Crippen molar-refractivity contribution in [3.05, 3.63) is 69.6 Å². The summed E-state index contributed by atoms with van der Waals surface area (Å²) in [7, 11) is 1.57. The second-order valence-corrected chi connectivity index (χ2v) is 8.70. The number of aliphatic carboxylic acids is 1. The molecule has 0 aliphatic carbocycles. The van der Waals surface area contributed by atoms with E-state index in [1.54, 1.807) is 12.5 Å². The van der Waals surface area contributed by atoms with Gasteiger partial charge in [-0.1, -0.05) is 19.1 Å². The van der Waals surface area contributed by atoms with Crippen LogP contribution < -0.4 is 10.1 Å². The Bertz CT molecular complexity index is 1270. The van der Waals surface area contributed by atoms with Gasteiger partial charge in [0.2, 0.25) is 0 Å². The lowest BCUT2D eigenvalue weighted by molar-refractivity contribution is -0.132. The van der Waals surface area contributed by atoms with Crippen LogP contribution in [0.15, 0.2) is 41.3 Å². The van der Waals surface area contributed by atoms with E-state index in [1.165, 1.54) is 6.92 Å². The molecule has 7 nitrogen and oxygen atoms in total. The quantitative estimate of drug-likeness (QED) is 0.247. The van der Waals surface area contributed by atoms with Gasteiger partial charge in [0, 0.05) is 34.3 Å². The molecule has 2 aromatic carbocycles. The minimum atomic E-state index is -1.30. The first kappa shape index (κ1) is 27.0. The van der Waals surface area contributed by atoms with Gasteiger partial charge in [-0.2, -0.15) is 0 Å². The number of amides is 1. The Hall–Kier alpha value is -3.63. The van der Waals surface area contributed by atoms with Crippen molar-refractivity contribution in [2.75, 3.05) is 25.6 Å². The summed E-state index contributed by atoms with van der Waals surface area (Å²) in [5, 5.41) is 13.5. The lowest BCUT2D eigenvalue weighted by atomic mass is 10.0. The lowest BCUT2D eigenvalue weighted by Crippen LogP contribution is -2.13. The zero-order chi connectivity index (χ0) is 26.2. The summed E-state index contributed by atoms with van der Waals surface area (Å²) in [6.45, 7) is 4.51. The molecular formula is C26H26F2N2O5S. The van der Waals surface area contributed by atoms with E-state index in [-0.39, 0.29) is 16.3 Å². The van der Waals surface area contributed by atoms with Crippen LogP contribution in [0.2, 0.25) is 0 Å². The fourth-order valence-electron chi connectivity index (χ4n) is 3.41. The van der Waals surface area contributed by atoms with E-state index in [4.69, 9.17) is 14.6 Å². The zero-order valence-electron chi connectivity index (χ0n) is 20.1. The number of thiazole rings is 1. The monoisotopic (exact) mass is 516 g/mol. The van der Waals surface area contributed by atoms with Gasteiger partial charge in [-0.05, 0) is 49.6 Å². The highest BCUT2D eigenvalue weighted by Crippen LogP contribution is 2.35. The largest absolute Gasteiger partial charge is 0.496 e. The number of nitrogens with one attached hydrogen (secondary N) is 1. The summed E-state index contributed by atoms with van der Waals surface area (Å²) < 4.78 is 40.0. The van der Waals surface area contributed by atoms with Crippen LogP contribution in [0.5, 0.6) is 5.75 Å². The normalized spacial score (nSPS) is 11.4. The topological polar surface area (TPSA) is 97.8 Å². The van der Waals surface area contributed by atoms with E-state index in [1.807, 2.05) is 25.1 Å². The molecule has 10 heteroatoms. The van der Waals surface area contributed by atoms with Gasteiger partial charge in [0.25, 0.3) is 5.91 Å². The van der Waals surface area contributed by atoms with E-state index in [0.29, 0.717) is 31.1 Å². The molecule has 0 saturated carbocycles. The Kier molecular flexibility index (Phi) is 9.26. The van der Waals surface area contributed by atoms with E-state index >= 15 is 0 Å². The first-order chi connectivity index (χ1) is 17.2. The van der Waals surface area contributed by atoms with Crippen LogP contribution in [0, 0.1) is 11.6 Å². The number of hydrogen-bond acceptors (Lipinski definition) is 6. The van der Waals surface area contributed by atoms with Gasteiger partial charge in [-0.15, -0.1) is 11.3 Å². The highest BCUT2D eigenvalue weighted by Gasteiger charge is 2.18. The van der Waals surface area contributed by atoms with E-state index in [2.05, 4.69) is 10.3 Å². The van der Waals surface area contributed by atoms with Crippen LogP contribution in [0.25, 0.3) is 17.3 Å². The minimum absolute atomic E-state index is 0.236. The van der Waals surface area contributed by atoms with Crippen LogP contribution in [0.3, 0.4) is 0 Å². The molecule has 3 aromatic rings. The summed E-state index contributed by atoms with van der Waals surface area (Å²) >= 11 is 1.15. The van der Waals surface area contributed by atoms with Gasteiger partial charge >= 0.3 is 5.97 Å². The van der Waals surface area contributed by atoms with Crippen molar-refractivity contribution in [1.29, 1.82) is 0 Å². The molecule has 1 heterocycles. The van der Waals surface area contributed by atoms with Gasteiger partial charge in [-0.3, -0.25) is 10.1 Å². The Balaban J connectivity index is 1.79. The van der Waals surface area contributed by atoms with Crippen molar-refractivity contribution in [3.8, 4) is 17.0 Å². The molecule has 1 amide bonds. The second-order valence-electron chi connectivity index (χ2n) is 7.84. The molecule has 0 fully saturated rings. The molecule has 0 aliphatic rings. The number of hydrogen-bond donors (Lipinski definition) is 2. The average Bonchev–Trinajstić information content (AvgIpc) is 3.31. The molecule has 0 radical (unpaired) electrons. The number of ether oxygens (including phenoxy) is 2. The molecule has 36 heavy (non-hydrogen) atoms. The number of carbonyl (C=O) groups is 2. The van der Waals surface area contributed by atoms with Gasteiger partial charge in [0.05, 0.1) is 19.4 Å². The first-order valence-electron chi connectivity index (χ1n) is 11.2. The number of benzene rings is 2. The minimum Gasteiger partial charge on any atom is -0.496 e. The average molecular weight is 517 g/mol. The van der Waals surface area contributed by atoms with Gasteiger partial charge in [-0.25, -0.2) is 18.6 Å². The maximum Gasteiger partial charge on any atom is 0.331 e. The maximum absolute atomic E-state index is 14.4. The molecule has 190 valence electrons. The predicted molar refractivity (Wildman–Crippen MR) is 135 cm³/mol. The third-order valence-corrected chi connectivity index (χ3v) is 5.96. The number of nitrogens with zero attached hydrogens (tertiary/aromatic N) is 1. The number of anilines is 1. The summed E-state index contributed by atoms with van der Waals surface area (Å²) in [4.78, 5) is 28.0. The highest BCUT2D eigenvalue weighted by molar-refractivity contribution is 7.14. The van der Waals surface area contributed by atoms with Crippen LogP contribution in [-0.2, 0) is 16.0 Å². The summed E-state index contributed by atoms with van der Waals surface area (Å²) in [5.41, 5.74) is 1.24. The third-order valence-electron chi connectivity index (χ3n) is 5.20. The molecular weight excluding hydrogens is 490 g/mol. The number of rotatable bonds is 11. The first-order valence-corrected chi connectivity index (χ1v) is 12.0. The molecule has 2 N–H and O–H groups in total. The van der Waals surface area contributed by atoms with Gasteiger partial charge in [0.15, 0.2) is 5.13 Å². The SMILES string of the molecule is CCCOCCc1cccc(-c2csc(NC(=O)c3cc(F)c(C=C(C)C(=O)O)c(F)c3)n2)c1OC. The van der Waals surface area contributed by atoms with Gasteiger partial charge < -0.3 is 14.6 Å². The predicted octanol–water partition coefficient (Wildman–Crippen LogP) is 5.81. The molecule has 0 atom stereocenters. The lowest BCUT2D eigenvalue weighted by Gasteiger charge is -2.12. The zero-order valence-corrected chi connectivity index (χ0v) is 20.9. The molecule has 1 aromatic heterocycles. The Labute approximate surface area is 211 Å². The van der Waals surface area contributed by atoms with E-state index in [0.717, 1.165) is 47.1 Å². The number of carboxylic acids is 1. The summed E-state index contributed by atoms with van der Waals surface area (Å²) in [6.07, 6.45) is 2.48. The van der Waals surface area contributed by atoms with E-state index < -0.39 is 29.1 Å². The van der Waals surface area contributed by atoms with Crippen molar-refractivity contribution in [3.63, 3.8) is 0 Å². The van der Waals surface area contributed by atoms with Crippen molar-refractivity contribution in [2.24, 2.45) is 0 Å². The number of carboxylic acid groups (broad SMARTS) is 1. The number of carbonyl (C=O) groups excluding carboxylic acids is 1. The van der Waals surface area contributed by atoms with Crippen LogP contribution in [0.4, 0.5) is 13.9 Å². The van der Waals surface area contributed by atoms with E-state index in [9.17, 15) is 18.4 Å². The van der Waals surface area contributed by atoms with Crippen molar-refractivity contribution >= 4 is 34.4 Å². The molecule has 0 aliphatic heterocycles. The fourth-order valence-corrected chi connectivity index (χ4v) is 4.11. The van der Waals surface area contributed by atoms with Crippen molar-refractivity contribution in [1.82, 2.24) is 4.98 Å². The molecule has 0 spiro atoms. The van der Waals surface area contributed by atoms with Crippen molar-refractivity contribution in [2.45, 2.75) is 26.7 Å². The van der Waals surface area contributed by atoms with Crippen LogP contribution in [-0.4, -0.2) is 42.3 Å². The highest BCUT2D eigenvalue weighted by atomic mass is 32.1. The standard InChI is InChI=1S/C26H26F2N2O5S/c1-4-9-35-10-8-16-6-5-7-18(23(16)34-3)22-14-36-26(29-22)30-24(31)17-12-20(27)19(21(28)13-17)11-15(2)25(32)33/h5-7,11-14H,4,8-10H2,1-3H3,(H,32,33)(H,29,30,31). The second kappa shape index (κ2) is 12.4. The molecule has 0 bridgehead atoms. The molecule has 0 saturated heterocycles. The Morgan fingerprint density at radius 2 is 1.92 bits per heavy atom. The smallest absolute Gasteiger partial charge is 0.331 e. The van der Waals surface area contributed by atoms with Crippen molar-refractivity contribution < 1.29 is 33.0 Å². The van der Waals surface area contributed by atoms with Gasteiger partial charge in [0.1, 0.15) is 17.4 Å². The Morgan fingerprint density at radius 1 is 1.19 bits per heavy atom.